The molecule has 0 amide bonds. The maximum absolute atomic E-state index is 2.68. The molecule has 62 heavy (non-hydrogen) atoms. The largest absolute Gasteiger partial charge is 0.311 e. The van der Waals surface area contributed by atoms with Crippen molar-refractivity contribution in [3.05, 3.63) is 172 Å². The number of hydrogen-bond donors (Lipinski definition) is 0. The fraction of sp³-hybridized carbons (Fsp3) is 0.288. The molecular formula is C59H59BN2. The van der Waals surface area contributed by atoms with Gasteiger partial charge in [0.2, 0.25) is 0 Å². The Morgan fingerprint density at radius 3 is 1.66 bits per heavy atom. The zero-order chi connectivity index (χ0) is 43.2. The summed E-state index contributed by atoms with van der Waals surface area (Å²) in [6.07, 6.45) is 2.34. The summed E-state index contributed by atoms with van der Waals surface area (Å²) in [6.45, 7) is 26.3. The van der Waals surface area contributed by atoms with E-state index < -0.39 is 0 Å². The molecule has 0 saturated carbocycles. The van der Waals surface area contributed by atoms with Gasteiger partial charge in [0.1, 0.15) is 0 Å². The van der Waals surface area contributed by atoms with Crippen LogP contribution >= 0.6 is 0 Å². The second-order valence-corrected chi connectivity index (χ2v) is 21.8. The van der Waals surface area contributed by atoms with Crippen LogP contribution in [0.1, 0.15) is 114 Å². The lowest BCUT2D eigenvalue weighted by Gasteiger charge is -2.48. The van der Waals surface area contributed by atoms with Crippen LogP contribution < -0.4 is 26.2 Å². The molecule has 4 aliphatic rings. The number of hydrogen-bond acceptors (Lipinski definition) is 2. The van der Waals surface area contributed by atoms with Gasteiger partial charge in [0.05, 0.1) is 0 Å². The van der Waals surface area contributed by atoms with E-state index in [2.05, 4.69) is 219 Å². The molecule has 2 nitrogen and oxygen atoms in total. The van der Waals surface area contributed by atoms with E-state index in [0.717, 1.165) is 0 Å². The summed E-state index contributed by atoms with van der Waals surface area (Å²) < 4.78 is 0. The van der Waals surface area contributed by atoms with Gasteiger partial charge in [-0.05, 0) is 157 Å². The molecule has 2 aliphatic heterocycles. The second kappa shape index (κ2) is 13.1. The smallest absolute Gasteiger partial charge is 0.252 e. The van der Waals surface area contributed by atoms with Crippen molar-refractivity contribution in [2.24, 2.45) is 0 Å². The lowest BCUT2D eigenvalue weighted by atomic mass is 9.33. The molecule has 0 bridgehead atoms. The second-order valence-electron chi connectivity index (χ2n) is 21.8. The molecule has 0 radical (unpaired) electrons. The Kier molecular flexibility index (Phi) is 8.27. The van der Waals surface area contributed by atoms with E-state index in [9.17, 15) is 0 Å². The molecule has 7 aromatic carbocycles. The van der Waals surface area contributed by atoms with Crippen LogP contribution in [0.2, 0.25) is 0 Å². The summed E-state index contributed by atoms with van der Waals surface area (Å²) in [4.78, 5) is 5.31. The van der Waals surface area contributed by atoms with Crippen molar-refractivity contribution in [1.82, 2.24) is 0 Å². The third-order valence-electron chi connectivity index (χ3n) is 15.5. The number of rotatable bonds is 3. The maximum Gasteiger partial charge on any atom is 0.252 e. The third-order valence-corrected chi connectivity index (χ3v) is 15.5. The van der Waals surface area contributed by atoms with Gasteiger partial charge in [0.15, 0.2) is 0 Å². The van der Waals surface area contributed by atoms with E-state index >= 15 is 0 Å². The summed E-state index contributed by atoms with van der Waals surface area (Å²) >= 11 is 0. The van der Waals surface area contributed by atoms with E-state index in [1.54, 1.807) is 0 Å². The quantitative estimate of drug-likeness (QED) is 0.164. The first-order chi connectivity index (χ1) is 29.5. The normalized spacial score (nSPS) is 17.1. The predicted octanol–water partition coefficient (Wildman–Crippen LogP) is 14.0. The number of para-hydroxylation sites is 1. The number of anilines is 6. The van der Waals surface area contributed by atoms with Gasteiger partial charge >= 0.3 is 0 Å². The topological polar surface area (TPSA) is 6.48 Å². The van der Waals surface area contributed by atoms with Crippen molar-refractivity contribution in [1.29, 1.82) is 0 Å². The lowest BCUT2D eigenvalue weighted by molar-refractivity contribution is 0.332. The van der Waals surface area contributed by atoms with Crippen molar-refractivity contribution < 1.29 is 0 Å². The average Bonchev–Trinajstić information content (AvgIpc) is 3.46. The minimum atomic E-state index is -0.137. The van der Waals surface area contributed by atoms with Gasteiger partial charge in [0, 0.05) is 39.5 Å². The summed E-state index contributed by atoms with van der Waals surface area (Å²) in [5.74, 6) is 0. The zero-order valence-electron chi connectivity index (χ0n) is 38.6. The van der Waals surface area contributed by atoms with Gasteiger partial charge in [-0.3, -0.25) is 0 Å². The number of fused-ring (bicyclic) bond motifs is 8. The molecule has 0 fully saturated rings. The molecular weight excluding hydrogens is 747 g/mol. The molecule has 0 N–H and O–H groups in total. The fourth-order valence-corrected chi connectivity index (χ4v) is 11.8. The van der Waals surface area contributed by atoms with E-state index in [1.807, 2.05) is 0 Å². The van der Waals surface area contributed by atoms with Crippen LogP contribution in [0.25, 0.3) is 22.3 Å². The van der Waals surface area contributed by atoms with E-state index in [4.69, 9.17) is 0 Å². The van der Waals surface area contributed by atoms with Gasteiger partial charge in [-0.15, -0.1) is 0 Å². The molecule has 0 aromatic heterocycles. The standard InChI is InChI=1S/C59H59BN2/c1-36-19-15-18-24-49(36)61-51-34-44-42(41-22-16-17-23-43(41)59(44,10)11)32-47(51)60-48-33-45-46(58(8,9)28-27-57(45,6)7)35-52(48)62(50-26-25-40(29-37(50)2)56(3,4)5)54-31-39(30-53(61)55(54)60)38-20-13-12-14-21-38/h12-26,29-35H,27-28H2,1-11H3. The van der Waals surface area contributed by atoms with Crippen LogP contribution in [-0.4, -0.2) is 6.71 Å². The van der Waals surface area contributed by atoms with Crippen molar-refractivity contribution in [2.45, 2.75) is 111 Å². The van der Waals surface area contributed by atoms with Gasteiger partial charge in [-0.25, -0.2) is 0 Å². The number of nitrogens with zero attached hydrogens (tertiary/aromatic N) is 2. The average molecular weight is 807 g/mol. The Balaban J connectivity index is 1.32. The third kappa shape index (κ3) is 5.55. The Hall–Kier alpha value is -5.80. The van der Waals surface area contributed by atoms with E-state index in [1.165, 1.54) is 125 Å². The van der Waals surface area contributed by atoms with E-state index in [-0.39, 0.29) is 28.4 Å². The van der Waals surface area contributed by atoms with Crippen molar-refractivity contribution in [3.8, 4) is 22.3 Å². The molecule has 308 valence electrons. The molecule has 2 heterocycles. The summed E-state index contributed by atoms with van der Waals surface area (Å²) in [6, 6.07) is 52.0. The molecule has 7 aromatic rings. The summed E-state index contributed by atoms with van der Waals surface area (Å²) in [5, 5.41) is 0. The molecule has 11 rings (SSSR count). The molecule has 2 aliphatic carbocycles. The lowest BCUT2D eigenvalue weighted by Crippen LogP contribution is -2.62. The van der Waals surface area contributed by atoms with Crippen LogP contribution in [0.15, 0.2) is 133 Å². The summed E-state index contributed by atoms with van der Waals surface area (Å²) in [5.41, 5.74) is 26.7. The van der Waals surface area contributed by atoms with Crippen LogP contribution in [0.5, 0.6) is 0 Å². The highest BCUT2D eigenvalue weighted by atomic mass is 15.2. The van der Waals surface area contributed by atoms with Crippen LogP contribution in [-0.2, 0) is 21.7 Å². The minimum Gasteiger partial charge on any atom is -0.311 e. The molecule has 0 saturated heterocycles. The highest BCUT2D eigenvalue weighted by Gasteiger charge is 2.48. The first-order valence-corrected chi connectivity index (χ1v) is 22.9. The van der Waals surface area contributed by atoms with Gasteiger partial charge < -0.3 is 9.80 Å². The summed E-state index contributed by atoms with van der Waals surface area (Å²) in [7, 11) is 0. The van der Waals surface area contributed by atoms with E-state index in [0.29, 0.717) is 0 Å². The maximum atomic E-state index is 2.68. The van der Waals surface area contributed by atoms with Crippen LogP contribution in [0.4, 0.5) is 34.1 Å². The van der Waals surface area contributed by atoms with Gasteiger partial charge in [0.25, 0.3) is 6.71 Å². The first kappa shape index (κ1) is 39.1. The minimum absolute atomic E-state index is 0.0211. The fourth-order valence-electron chi connectivity index (χ4n) is 11.8. The van der Waals surface area contributed by atoms with Crippen LogP contribution in [0.3, 0.4) is 0 Å². The Morgan fingerprint density at radius 1 is 0.452 bits per heavy atom. The SMILES string of the molecule is Cc1cc(C(C)(C)C)ccc1N1c2cc3c(cc2B2c4cc5c(cc4N(c4ccccc4C)c4cc(-c6ccccc6)cc1c42)C(C)(C)c1ccccc1-5)C(C)(C)CCC3(C)C. The molecule has 0 spiro atoms. The number of benzene rings is 7. The monoisotopic (exact) mass is 806 g/mol. The van der Waals surface area contributed by atoms with Crippen LogP contribution in [0, 0.1) is 13.8 Å². The highest BCUT2D eigenvalue weighted by Crippen LogP contribution is 2.54. The first-order valence-electron chi connectivity index (χ1n) is 22.9. The van der Waals surface area contributed by atoms with Gasteiger partial charge in [-0.1, -0.05) is 159 Å². The Morgan fingerprint density at radius 2 is 1.02 bits per heavy atom. The molecule has 0 atom stereocenters. The predicted molar refractivity (Wildman–Crippen MR) is 267 cm³/mol. The van der Waals surface area contributed by atoms with Crippen molar-refractivity contribution in [2.75, 3.05) is 9.80 Å². The Bertz CT molecular complexity index is 3010. The Labute approximate surface area is 370 Å². The van der Waals surface area contributed by atoms with Crippen molar-refractivity contribution >= 4 is 57.2 Å². The number of aryl methyl sites for hydroxylation is 2. The highest BCUT2D eigenvalue weighted by molar-refractivity contribution is 7.00. The zero-order valence-corrected chi connectivity index (χ0v) is 38.6. The molecule has 3 heteroatoms. The van der Waals surface area contributed by atoms with Crippen molar-refractivity contribution in [3.63, 3.8) is 0 Å². The van der Waals surface area contributed by atoms with Gasteiger partial charge in [-0.2, -0.15) is 0 Å². The molecule has 0 unspecified atom stereocenters.